The zero-order valence-corrected chi connectivity index (χ0v) is 16.9. The van der Waals surface area contributed by atoms with Crippen LogP contribution in [0.5, 0.6) is 5.75 Å². The van der Waals surface area contributed by atoms with Gasteiger partial charge in [0.15, 0.2) is 11.4 Å². The number of nitrogens with one attached hydrogen (secondary N) is 1. The fourth-order valence-electron chi connectivity index (χ4n) is 2.85. The van der Waals surface area contributed by atoms with E-state index in [0.29, 0.717) is 12.2 Å². The first kappa shape index (κ1) is 19.4. The SMILES string of the molecule is COc1cccn2cc(CCNS(=O)(=O)c3ccc(C(C)(C)C)cc3)nc12. The summed E-state index contributed by atoms with van der Waals surface area (Å²) in [5.74, 6) is 0.684. The van der Waals surface area contributed by atoms with Crippen LogP contribution in [0.15, 0.2) is 53.7 Å². The zero-order chi connectivity index (χ0) is 19.7. The highest BCUT2D eigenvalue weighted by atomic mass is 32.2. The summed E-state index contributed by atoms with van der Waals surface area (Å²) in [6.07, 6.45) is 4.25. The first-order valence-electron chi connectivity index (χ1n) is 8.81. The van der Waals surface area contributed by atoms with E-state index in [4.69, 9.17) is 4.74 Å². The van der Waals surface area contributed by atoms with E-state index in [0.717, 1.165) is 16.9 Å². The van der Waals surface area contributed by atoms with Crippen molar-refractivity contribution in [3.8, 4) is 5.75 Å². The number of fused-ring (bicyclic) bond motifs is 1. The third-order valence-electron chi connectivity index (χ3n) is 4.42. The molecule has 6 nitrogen and oxygen atoms in total. The van der Waals surface area contributed by atoms with Crippen molar-refractivity contribution in [2.75, 3.05) is 13.7 Å². The highest BCUT2D eigenvalue weighted by Gasteiger charge is 2.17. The van der Waals surface area contributed by atoms with Gasteiger partial charge in [-0.25, -0.2) is 18.1 Å². The van der Waals surface area contributed by atoms with Gasteiger partial charge in [0.05, 0.1) is 17.7 Å². The standard InChI is InChI=1S/C20H25N3O3S/c1-20(2,3)15-7-9-17(10-8-15)27(24,25)21-12-11-16-14-23-13-5-6-18(26-4)19(23)22-16/h5-10,13-14,21H,11-12H2,1-4H3. The van der Waals surface area contributed by atoms with E-state index < -0.39 is 10.0 Å². The van der Waals surface area contributed by atoms with E-state index in [9.17, 15) is 8.42 Å². The van der Waals surface area contributed by atoms with Gasteiger partial charge < -0.3 is 9.14 Å². The average molecular weight is 388 g/mol. The zero-order valence-electron chi connectivity index (χ0n) is 16.1. The van der Waals surface area contributed by atoms with Crippen LogP contribution in [0.25, 0.3) is 5.65 Å². The molecule has 0 bridgehead atoms. The number of sulfonamides is 1. The second-order valence-corrected chi connectivity index (χ2v) is 9.23. The van der Waals surface area contributed by atoms with Crippen LogP contribution < -0.4 is 9.46 Å². The molecule has 27 heavy (non-hydrogen) atoms. The molecule has 0 saturated heterocycles. The summed E-state index contributed by atoms with van der Waals surface area (Å²) >= 11 is 0. The number of ether oxygens (including phenoxy) is 1. The molecule has 7 heteroatoms. The molecule has 0 aliphatic rings. The molecule has 0 aliphatic heterocycles. The topological polar surface area (TPSA) is 72.7 Å². The molecule has 2 heterocycles. The molecule has 0 saturated carbocycles. The van der Waals surface area contributed by atoms with E-state index in [1.165, 1.54) is 0 Å². The molecule has 3 rings (SSSR count). The van der Waals surface area contributed by atoms with Crippen LogP contribution in [-0.4, -0.2) is 31.5 Å². The molecule has 1 N–H and O–H groups in total. The van der Waals surface area contributed by atoms with Crippen molar-refractivity contribution in [3.05, 3.63) is 60.0 Å². The van der Waals surface area contributed by atoms with Gasteiger partial charge >= 0.3 is 0 Å². The fraction of sp³-hybridized carbons (Fsp3) is 0.350. The monoisotopic (exact) mass is 387 g/mol. The molecule has 0 radical (unpaired) electrons. The summed E-state index contributed by atoms with van der Waals surface area (Å²) in [6.45, 7) is 6.56. The summed E-state index contributed by atoms with van der Waals surface area (Å²) < 4.78 is 34.8. The van der Waals surface area contributed by atoms with Crippen molar-refractivity contribution in [3.63, 3.8) is 0 Å². The first-order chi connectivity index (χ1) is 12.7. The Hall–Kier alpha value is -2.38. The summed E-state index contributed by atoms with van der Waals surface area (Å²) in [5.41, 5.74) is 2.60. The van der Waals surface area contributed by atoms with Gasteiger partial charge in [-0.1, -0.05) is 32.9 Å². The number of hydrogen-bond acceptors (Lipinski definition) is 4. The van der Waals surface area contributed by atoms with E-state index in [-0.39, 0.29) is 16.9 Å². The summed E-state index contributed by atoms with van der Waals surface area (Å²) in [6, 6.07) is 10.8. The molecule has 0 amide bonds. The molecule has 3 aromatic rings. The Bertz CT molecular complexity index is 1030. The van der Waals surface area contributed by atoms with Crippen LogP contribution in [-0.2, 0) is 21.9 Å². The third kappa shape index (κ3) is 4.31. The lowest BCUT2D eigenvalue weighted by Crippen LogP contribution is -2.26. The second-order valence-electron chi connectivity index (χ2n) is 7.46. The van der Waals surface area contributed by atoms with Crippen molar-refractivity contribution in [2.45, 2.75) is 37.5 Å². The Kier molecular flexibility index (Phi) is 5.26. The van der Waals surface area contributed by atoms with E-state index >= 15 is 0 Å². The number of methoxy groups -OCH3 is 1. The number of aromatic nitrogens is 2. The summed E-state index contributed by atoms with van der Waals surface area (Å²) in [5, 5.41) is 0. The first-order valence-corrected chi connectivity index (χ1v) is 10.3. The molecular weight excluding hydrogens is 362 g/mol. The molecule has 1 aromatic carbocycles. The highest BCUT2D eigenvalue weighted by Crippen LogP contribution is 2.23. The molecule has 0 fully saturated rings. The number of benzene rings is 1. The van der Waals surface area contributed by atoms with Crippen molar-refractivity contribution in [2.24, 2.45) is 0 Å². The van der Waals surface area contributed by atoms with Gasteiger partial charge in [0.2, 0.25) is 10.0 Å². The Morgan fingerprint density at radius 1 is 1.15 bits per heavy atom. The van der Waals surface area contributed by atoms with Gasteiger partial charge in [-0.3, -0.25) is 0 Å². The largest absolute Gasteiger partial charge is 0.493 e. The van der Waals surface area contributed by atoms with Gasteiger partial charge in [0.1, 0.15) is 0 Å². The van der Waals surface area contributed by atoms with Crippen LogP contribution in [0.4, 0.5) is 0 Å². The van der Waals surface area contributed by atoms with Gasteiger partial charge in [0, 0.05) is 25.4 Å². The number of hydrogen-bond donors (Lipinski definition) is 1. The minimum Gasteiger partial charge on any atom is -0.493 e. The number of pyridine rings is 1. The minimum atomic E-state index is -3.54. The molecule has 2 aromatic heterocycles. The van der Waals surface area contributed by atoms with Crippen LogP contribution in [0.3, 0.4) is 0 Å². The number of rotatable bonds is 6. The molecular formula is C20H25N3O3S. The number of nitrogens with zero attached hydrogens (tertiary/aromatic N) is 2. The van der Waals surface area contributed by atoms with Crippen molar-refractivity contribution in [1.82, 2.24) is 14.1 Å². The Morgan fingerprint density at radius 2 is 1.85 bits per heavy atom. The maximum atomic E-state index is 12.5. The molecule has 0 unspecified atom stereocenters. The average Bonchev–Trinajstić information content (AvgIpc) is 3.03. The lowest BCUT2D eigenvalue weighted by Gasteiger charge is -2.19. The van der Waals surface area contributed by atoms with E-state index in [2.05, 4.69) is 30.5 Å². The van der Waals surface area contributed by atoms with Gasteiger partial charge in [-0.15, -0.1) is 0 Å². The van der Waals surface area contributed by atoms with Gasteiger partial charge in [-0.2, -0.15) is 0 Å². The van der Waals surface area contributed by atoms with Crippen molar-refractivity contribution in [1.29, 1.82) is 0 Å². The van der Waals surface area contributed by atoms with E-state index in [1.54, 1.807) is 19.2 Å². The van der Waals surface area contributed by atoms with Crippen LogP contribution in [0.1, 0.15) is 32.0 Å². The van der Waals surface area contributed by atoms with Gasteiger partial charge in [-0.05, 0) is 35.2 Å². The Morgan fingerprint density at radius 3 is 2.48 bits per heavy atom. The summed E-state index contributed by atoms with van der Waals surface area (Å²) in [4.78, 5) is 4.79. The Balaban J connectivity index is 1.67. The lowest BCUT2D eigenvalue weighted by atomic mass is 9.87. The lowest BCUT2D eigenvalue weighted by molar-refractivity contribution is 0.417. The molecule has 0 aliphatic carbocycles. The number of imidazole rings is 1. The Labute approximate surface area is 160 Å². The second kappa shape index (κ2) is 7.32. The quantitative estimate of drug-likeness (QED) is 0.705. The smallest absolute Gasteiger partial charge is 0.240 e. The molecule has 0 atom stereocenters. The highest BCUT2D eigenvalue weighted by molar-refractivity contribution is 7.89. The normalized spacial score (nSPS) is 12.4. The van der Waals surface area contributed by atoms with Crippen LogP contribution in [0, 0.1) is 0 Å². The predicted octanol–water partition coefficient (Wildman–Crippen LogP) is 3.16. The maximum Gasteiger partial charge on any atom is 0.240 e. The maximum absolute atomic E-state index is 12.5. The van der Waals surface area contributed by atoms with Gasteiger partial charge in [0.25, 0.3) is 0 Å². The van der Waals surface area contributed by atoms with Crippen molar-refractivity contribution < 1.29 is 13.2 Å². The van der Waals surface area contributed by atoms with E-state index in [1.807, 2.05) is 41.1 Å². The fourth-order valence-corrected chi connectivity index (χ4v) is 3.88. The third-order valence-corrected chi connectivity index (χ3v) is 5.90. The van der Waals surface area contributed by atoms with Crippen LogP contribution in [0.2, 0.25) is 0 Å². The predicted molar refractivity (Wildman–Crippen MR) is 106 cm³/mol. The van der Waals surface area contributed by atoms with Crippen molar-refractivity contribution >= 4 is 15.7 Å². The van der Waals surface area contributed by atoms with Crippen LogP contribution >= 0.6 is 0 Å². The molecule has 0 spiro atoms. The molecule has 144 valence electrons. The minimum absolute atomic E-state index is 0.0140. The summed E-state index contributed by atoms with van der Waals surface area (Å²) in [7, 11) is -1.94.